The summed E-state index contributed by atoms with van der Waals surface area (Å²) in [5.41, 5.74) is 6.71. The lowest BCUT2D eigenvalue weighted by molar-refractivity contribution is -0.143. The molecule has 9 amide bonds. The average molecular weight is 1310 g/mol. The summed E-state index contributed by atoms with van der Waals surface area (Å²) in [6.07, 6.45) is 0.283. The number of aromatic hydroxyl groups is 1. The van der Waals surface area contributed by atoms with E-state index in [0.29, 0.717) is 42.6 Å². The van der Waals surface area contributed by atoms with E-state index in [1.807, 2.05) is 13.8 Å². The maximum Gasteiger partial charge on any atom is 0.328 e. The fourth-order valence-electron chi connectivity index (χ4n) is 9.19. The van der Waals surface area contributed by atoms with Crippen molar-refractivity contribution >= 4 is 76.7 Å². The van der Waals surface area contributed by atoms with Crippen LogP contribution in [-0.2, 0) is 62.4 Å². The number of carboxylic acid groups (broad SMARTS) is 1. The number of aromatic nitrogens is 2. The van der Waals surface area contributed by atoms with Gasteiger partial charge in [-0.15, -0.1) is 0 Å². The lowest BCUT2D eigenvalue weighted by Gasteiger charge is -2.28. The van der Waals surface area contributed by atoms with Crippen molar-refractivity contribution in [1.82, 2.24) is 63.1 Å². The Balaban J connectivity index is 1.60. The van der Waals surface area contributed by atoms with E-state index in [1.165, 1.54) is 31.4 Å². The zero-order valence-electron chi connectivity index (χ0n) is 53.5. The summed E-state index contributed by atoms with van der Waals surface area (Å²) in [7, 11) is 1.49. The highest BCUT2D eigenvalue weighted by Gasteiger charge is 2.35. The number of hydrogen-bond acceptors (Lipinski definition) is 19. The number of carbonyl (C=O) groups is 10. The average Bonchev–Trinajstić information content (AvgIpc) is 0.815. The zero-order valence-corrected chi connectivity index (χ0v) is 53.5. The lowest BCUT2D eigenvalue weighted by atomic mass is 9.99. The van der Waals surface area contributed by atoms with Crippen molar-refractivity contribution in [3.8, 4) is 5.75 Å². The molecule has 0 fully saturated rings. The maximum atomic E-state index is 14.9. The zero-order chi connectivity index (χ0) is 69.1. The van der Waals surface area contributed by atoms with E-state index in [4.69, 9.17) is 15.9 Å². The molecule has 1 heterocycles. The summed E-state index contributed by atoms with van der Waals surface area (Å²) in [5, 5.41) is 79.2. The van der Waals surface area contributed by atoms with Crippen LogP contribution in [0.4, 0.5) is 11.6 Å². The van der Waals surface area contributed by atoms with Crippen molar-refractivity contribution in [2.45, 2.75) is 128 Å². The monoisotopic (exact) mass is 1310 g/mol. The molecule has 3 aromatic carbocycles. The molecule has 4 rings (SSSR count). The Labute approximate surface area is 545 Å². The minimum absolute atomic E-state index is 0.0137. The highest BCUT2D eigenvalue weighted by molar-refractivity contribution is 6.02. The summed E-state index contributed by atoms with van der Waals surface area (Å²) in [5.74, 6) is -9.88. The highest BCUT2D eigenvalue weighted by Crippen LogP contribution is 2.20. The number of amides is 9. The van der Waals surface area contributed by atoms with Gasteiger partial charge in [0, 0.05) is 65.5 Å². The quantitative estimate of drug-likeness (QED) is 0.0141. The molecule has 0 saturated carbocycles. The van der Waals surface area contributed by atoms with Crippen LogP contribution in [0.5, 0.6) is 5.75 Å². The molecule has 19 N–H and O–H groups in total. The van der Waals surface area contributed by atoms with Crippen molar-refractivity contribution in [1.29, 1.82) is 5.41 Å². The molecule has 7 atom stereocenters. The minimum Gasteiger partial charge on any atom is -0.508 e. The molecule has 0 saturated heterocycles. The third-order valence-corrected chi connectivity index (χ3v) is 14.1. The maximum absolute atomic E-state index is 14.9. The van der Waals surface area contributed by atoms with Crippen LogP contribution in [0.15, 0.2) is 84.9 Å². The fraction of sp³-hybridized carbons (Fsp3) is 0.476. The van der Waals surface area contributed by atoms with Gasteiger partial charge in [-0.05, 0) is 66.8 Å². The van der Waals surface area contributed by atoms with Gasteiger partial charge in [-0.25, -0.2) is 14.8 Å². The molecule has 0 spiro atoms. The molecule has 512 valence electrons. The first-order valence-corrected chi connectivity index (χ1v) is 31.0. The Kier molecular flexibility index (Phi) is 33.1. The molecule has 0 radical (unpaired) electrons. The SMILES string of the molecule is CCCNc1nc(C(=O)NCCC(=O)NC(CO)C(=O)NC(Cc2ccccc2)C(=O)NC(Cc2ccccc2)C(=O)NC(Cc2ccc(O)cc2)C(=O)NC(CC(C)C)C(=O)NC(CCCNC(=N)N)C(=O)NC(CO)C(=O)O)c(NCCC)nc1C(=O)NCCOC. The molecular weight excluding hydrogens is 1220 g/mol. The summed E-state index contributed by atoms with van der Waals surface area (Å²) < 4.78 is 5.04. The van der Waals surface area contributed by atoms with E-state index < -0.39 is 121 Å². The molecule has 7 unspecified atom stereocenters. The number of aliphatic hydroxyl groups excluding tert-OH is 2. The van der Waals surface area contributed by atoms with E-state index >= 15 is 0 Å². The van der Waals surface area contributed by atoms with Gasteiger partial charge in [-0.2, -0.15) is 0 Å². The van der Waals surface area contributed by atoms with Crippen LogP contribution >= 0.6 is 0 Å². The van der Waals surface area contributed by atoms with Crippen LogP contribution < -0.4 is 69.5 Å². The summed E-state index contributed by atoms with van der Waals surface area (Å²) in [4.78, 5) is 147. The third kappa shape index (κ3) is 26.7. The minimum atomic E-state index is -1.73. The van der Waals surface area contributed by atoms with Gasteiger partial charge in [-0.3, -0.25) is 48.6 Å². The lowest BCUT2D eigenvalue weighted by Crippen LogP contribution is -2.61. The standard InChI is InChI=1S/C63H90N16O15/c1-6-25-66-52-50(78-53(67-26-7-2)51(79-52)61(91)69-29-30-94-5)60(90)68-28-24-49(83)71-47(35-80)59(89)76-45(33-39-17-12-9-13-18-39)58(88)74-44(32-38-15-10-8-11-16-38)57(87)75-46(34-40-20-22-41(82)23-21-40)56(86)73-43(31-37(3)4)55(85)72-42(19-14-27-70-63(64)65)54(84)77-48(36-81)62(92)93/h8-13,15-18,20-23,37,42-48,80-82H,6-7,14,19,24-36H2,1-5H3,(H,66,79)(H,67,78)(H,68,90)(H,69,91)(H,71,83)(H,72,85)(H,73,86)(H,74,88)(H,75,87)(H,76,89)(H,77,84)(H,92,93)(H4,64,65,70). The second-order valence-electron chi connectivity index (χ2n) is 22.3. The van der Waals surface area contributed by atoms with Gasteiger partial charge in [0.2, 0.25) is 41.4 Å². The number of phenolic OH excluding ortho intramolecular Hbond substituents is 1. The predicted molar refractivity (Wildman–Crippen MR) is 347 cm³/mol. The van der Waals surface area contributed by atoms with Gasteiger partial charge in [0.25, 0.3) is 11.8 Å². The molecular formula is C63H90N16O15. The van der Waals surface area contributed by atoms with Crippen molar-refractivity contribution in [3.63, 3.8) is 0 Å². The number of aliphatic hydroxyl groups is 2. The Hall–Kier alpha value is -10.0. The fourth-order valence-corrected chi connectivity index (χ4v) is 9.19. The number of guanidine groups is 1. The number of nitrogens with one attached hydrogen (secondary N) is 13. The normalized spacial score (nSPS) is 13.1. The number of methoxy groups -OCH3 is 1. The van der Waals surface area contributed by atoms with Gasteiger partial charge >= 0.3 is 5.97 Å². The van der Waals surface area contributed by atoms with Crippen LogP contribution in [0.25, 0.3) is 0 Å². The molecule has 31 heteroatoms. The first-order chi connectivity index (χ1) is 45.0. The summed E-state index contributed by atoms with van der Waals surface area (Å²) in [6.45, 7) is 6.37. The van der Waals surface area contributed by atoms with E-state index in [-0.39, 0.29) is 105 Å². The third-order valence-electron chi connectivity index (χ3n) is 14.1. The largest absolute Gasteiger partial charge is 0.508 e. The number of nitrogens with two attached hydrogens (primary N) is 1. The molecule has 0 aliphatic carbocycles. The summed E-state index contributed by atoms with van der Waals surface area (Å²) >= 11 is 0. The Morgan fingerprint density at radius 1 is 0.521 bits per heavy atom. The van der Waals surface area contributed by atoms with E-state index in [0.717, 1.165) is 0 Å². The van der Waals surface area contributed by atoms with E-state index in [1.54, 1.807) is 74.5 Å². The molecule has 0 aliphatic heterocycles. The van der Waals surface area contributed by atoms with E-state index in [2.05, 4.69) is 73.8 Å². The molecule has 31 nitrogen and oxygen atoms in total. The number of aliphatic carboxylic acids is 1. The van der Waals surface area contributed by atoms with Crippen molar-refractivity contribution in [2.24, 2.45) is 11.7 Å². The van der Waals surface area contributed by atoms with Crippen LogP contribution in [-0.4, -0.2) is 197 Å². The second-order valence-corrected chi connectivity index (χ2v) is 22.3. The van der Waals surface area contributed by atoms with Crippen LogP contribution in [0, 0.1) is 11.3 Å². The van der Waals surface area contributed by atoms with Crippen molar-refractivity contribution < 1.29 is 73.1 Å². The van der Waals surface area contributed by atoms with Gasteiger partial charge in [0.15, 0.2) is 29.0 Å². The number of benzene rings is 3. The molecule has 0 bridgehead atoms. The van der Waals surface area contributed by atoms with Gasteiger partial charge in [0.05, 0.1) is 19.8 Å². The molecule has 0 aliphatic rings. The summed E-state index contributed by atoms with van der Waals surface area (Å²) in [6, 6.07) is 12.0. The Bertz CT molecular complexity index is 3150. The number of carboxylic acids is 1. The Morgan fingerprint density at radius 2 is 0.936 bits per heavy atom. The second kappa shape index (κ2) is 40.8. The number of phenols is 1. The smallest absolute Gasteiger partial charge is 0.328 e. The first kappa shape index (κ1) is 76.4. The number of rotatable bonds is 42. The number of anilines is 2. The topological polar surface area (TPSA) is 481 Å². The highest BCUT2D eigenvalue weighted by atomic mass is 16.5. The van der Waals surface area contributed by atoms with Gasteiger partial charge < -0.3 is 94.7 Å². The number of ether oxygens (including phenoxy) is 1. The predicted octanol–water partition coefficient (Wildman–Crippen LogP) is -1.18. The first-order valence-electron chi connectivity index (χ1n) is 31.0. The van der Waals surface area contributed by atoms with Gasteiger partial charge in [-0.1, -0.05) is 100 Å². The van der Waals surface area contributed by atoms with Crippen LogP contribution in [0.1, 0.15) is 104 Å². The molecule has 94 heavy (non-hydrogen) atoms. The van der Waals surface area contributed by atoms with Gasteiger partial charge in [0.1, 0.15) is 48.0 Å². The van der Waals surface area contributed by atoms with Crippen LogP contribution in [0.3, 0.4) is 0 Å². The Morgan fingerprint density at radius 3 is 1.37 bits per heavy atom. The van der Waals surface area contributed by atoms with Crippen molar-refractivity contribution in [3.05, 3.63) is 113 Å². The van der Waals surface area contributed by atoms with Crippen molar-refractivity contribution in [2.75, 3.05) is 70.3 Å². The van der Waals surface area contributed by atoms with E-state index in [9.17, 15) is 68.4 Å². The number of nitrogens with zero attached hydrogens (tertiary/aromatic N) is 2. The van der Waals surface area contributed by atoms with Crippen LogP contribution in [0.2, 0.25) is 0 Å². The molecule has 4 aromatic rings. The number of hydrogen-bond donors (Lipinski definition) is 18. The number of carbonyl (C=O) groups excluding carboxylic acids is 9. The molecule has 1 aromatic heterocycles.